The van der Waals surface area contributed by atoms with Crippen LogP contribution in [0.3, 0.4) is 0 Å². The third kappa shape index (κ3) is 6.95. The molecule has 0 radical (unpaired) electrons. The van der Waals surface area contributed by atoms with Gasteiger partial charge in [0.2, 0.25) is 34.8 Å². The van der Waals surface area contributed by atoms with E-state index in [-0.39, 0.29) is 37.9 Å². The van der Waals surface area contributed by atoms with Gasteiger partial charge in [-0.25, -0.2) is 13.2 Å². The van der Waals surface area contributed by atoms with E-state index in [0.29, 0.717) is 0 Å². The number of carbonyl (C=O) groups excluding carboxylic acids is 1. The molecule has 0 spiro atoms. The van der Waals surface area contributed by atoms with E-state index in [1.807, 2.05) is 0 Å². The van der Waals surface area contributed by atoms with Gasteiger partial charge >= 0.3 is 5.97 Å². The van der Waals surface area contributed by atoms with E-state index < -0.39 is 57.3 Å². The van der Waals surface area contributed by atoms with Crippen LogP contribution in [0.4, 0.5) is 22.0 Å². The van der Waals surface area contributed by atoms with Crippen LogP contribution in [0.1, 0.15) is 6.42 Å². The quantitative estimate of drug-likeness (QED) is 0.0870. The van der Waals surface area contributed by atoms with Crippen molar-refractivity contribution in [1.82, 2.24) is 0 Å². The standard InChI is InChI=1S/C19H17F5O7S/c20-14-15(21)17(23)19(18(24)16(14)22)31-13(25)6-7-28-8-9-29-10-11-30-32(26,27)12-4-2-1-3-5-12/h1-5H,6-11H2. The minimum atomic E-state index is -3.89. The summed E-state index contributed by atoms with van der Waals surface area (Å²) >= 11 is 0. The van der Waals surface area contributed by atoms with Crippen LogP contribution < -0.4 is 4.74 Å². The molecule has 0 aliphatic carbocycles. The zero-order valence-electron chi connectivity index (χ0n) is 16.3. The van der Waals surface area contributed by atoms with Gasteiger partial charge in [-0.2, -0.15) is 17.2 Å². The molecule has 0 heterocycles. The van der Waals surface area contributed by atoms with Gasteiger partial charge in [-0.3, -0.25) is 8.98 Å². The number of carbonyl (C=O) groups is 1. The van der Waals surface area contributed by atoms with Gasteiger partial charge in [-0.1, -0.05) is 18.2 Å². The van der Waals surface area contributed by atoms with Gasteiger partial charge in [-0.15, -0.1) is 0 Å². The Morgan fingerprint density at radius 2 is 1.22 bits per heavy atom. The van der Waals surface area contributed by atoms with E-state index in [4.69, 9.17) is 13.7 Å². The molecule has 2 aromatic rings. The molecule has 0 unspecified atom stereocenters. The van der Waals surface area contributed by atoms with Crippen molar-refractivity contribution >= 4 is 16.1 Å². The van der Waals surface area contributed by atoms with Gasteiger partial charge in [0.25, 0.3) is 10.1 Å². The van der Waals surface area contributed by atoms with Crippen molar-refractivity contribution < 1.29 is 53.6 Å². The normalized spacial score (nSPS) is 11.5. The van der Waals surface area contributed by atoms with E-state index >= 15 is 0 Å². The summed E-state index contributed by atoms with van der Waals surface area (Å²) in [5.74, 6) is -14.3. The number of rotatable bonds is 12. The molecule has 0 aliphatic heterocycles. The Morgan fingerprint density at radius 1 is 0.719 bits per heavy atom. The molecule has 13 heteroatoms. The molecule has 0 fully saturated rings. The van der Waals surface area contributed by atoms with Crippen molar-refractivity contribution in [3.63, 3.8) is 0 Å². The fraction of sp³-hybridized carbons (Fsp3) is 0.316. The molecule has 0 amide bonds. The number of halogens is 5. The molecule has 0 atom stereocenters. The van der Waals surface area contributed by atoms with Crippen LogP contribution in [0, 0.1) is 29.1 Å². The Morgan fingerprint density at radius 3 is 1.81 bits per heavy atom. The zero-order valence-corrected chi connectivity index (χ0v) is 17.1. The van der Waals surface area contributed by atoms with Gasteiger partial charge in [0.15, 0.2) is 0 Å². The second-order valence-corrected chi connectivity index (χ2v) is 7.55. The Kier molecular flexibility index (Phi) is 9.50. The molecule has 7 nitrogen and oxygen atoms in total. The summed E-state index contributed by atoms with van der Waals surface area (Å²) in [4.78, 5) is 11.5. The molecule has 0 saturated carbocycles. The summed E-state index contributed by atoms with van der Waals surface area (Å²) in [7, 11) is -3.89. The van der Waals surface area contributed by atoms with Crippen molar-refractivity contribution in [1.29, 1.82) is 0 Å². The summed E-state index contributed by atoms with van der Waals surface area (Å²) < 4.78 is 109. The lowest BCUT2D eigenvalue weighted by Crippen LogP contribution is -2.16. The first-order valence-corrected chi connectivity index (χ1v) is 10.4. The summed E-state index contributed by atoms with van der Waals surface area (Å²) in [6.07, 6.45) is -0.544. The van der Waals surface area contributed by atoms with Gasteiger partial charge in [-0.05, 0) is 12.1 Å². The fourth-order valence-corrected chi connectivity index (χ4v) is 3.09. The van der Waals surface area contributed by atoms with Crippen molar-refractivity contribution in [3.05, 3.63) is 59.4 Å². The maximum Gasteiger partial charge on any atom is 0.313 e. The first kappa shape index (κ1) is 25.6. The van der Waals surface area contributed by atoms with Crippen molar-refractivity contribution in [2.45, 2.75) is 11.3 Å². The SMILES string of the molecule is O=C(CCOCCOCCOS(=O)(=O)c1ccccc1)Oc1c(F)c(F)c(F)c(F)c1F. The van der Waals surface area contributed by atoms with Crippen LogP contribution >= 0.6 is 0 Å². The van der Waals surface area contributed by atoms with Gasteiger partial charge in [0.1, 0.15) is 0 Å². The van der Waals surface area contributed by atoms with E-state index in [1.165, 1.54) is 12.1 Å². The molecule has 0 bridgehead atoms. The minimum Gasteiger partial charge on any atom is -0.420 e. The largest absolute Gasteiger partial charge is 0.420 e. The Labute approximate surface area is 179 Å². The lowest BCUT2D eigenvalue weighted by Gasteiger charge is -2.09. The topological polar surface area (TPSA) is 88.1 Å². The number of benzene rings is 2. The molecule has 32 heavy (non-hydrogen) atoms. The highest BCUT2D eigenvalue weighted by atomic mass is 32.2. The molecule has 0 aromatic heterocycles. The lowest BCUT2D eigenvalue weighted by atomic mass is 10.2. The number of hydrogen-bond acceptors (Lipinski definition) is 7. The number of esters is 1. The maximum absolute atomic E-state index is 13.4. The first-order valence-electron chi connectivity index (χ1n) is 8.97. The summed E-state index contributed by atoms with van der Waals surface area (Å²) in [6.45, 7) is -0.650. The van der Waals surface area contributed by atoms with Gasteiger partial charge < -0.3 is 14.2 Å². The lowest BCUT2D eigenvalue weighted by molar-refractivity contribution is -0.136. The molecular weight excluding hydrogens is 467 g/mol. The second-order valence-electron chi connectivity index (χ2n) is 5.94. The van der Waals surface area contributed by atoms with Crippen LogP contribution in [0.5, 0.6) is 5.75 Å². The molecular formula is C19H17F5O7S. The van der Waals surface area contributed by atoms with Crippen LogP contribution in [0.15, 0.2) is 35.2 Å². The third-order valence-electron chi connectivity index (χ3n) is 3.71. The fourth-order valence-electron chi connectivity index (χ4n) is 2.17. The van der Waals surface area contributed by atoms with E-state index in [2.05, 4.69) is 4.74 Å². The van der Waals surface area contributed by atoms with E-state index in [0.717, 1.165) is 0 Å². The van der Waals surface area contributed by atoms with Crippen molar-refractivity contribution in [3.8, 4) is 5.75 Å². The van der Waals surface area contributed by atoms with E-state index in [9.17, 15) is 35.2 Å². The molecule has 176 valence electrons. The van der Waals surface area contributed by atoms with Crippen molar-refractivity contribution in [2.24, 2.45) is 0 Å². The summed E-state index contributed by atoms with van der Waals surface area (Å²) in [6, 6.07) is 7.49. The Balaban J connectivity index is 1.61. The highest BCUT2D eigenvalue weighted by molar-refractivity contribution is 7.86. The van der Waals surface area contributed by atoms with Crippen molar-refractivity contribution in [2.75, 3.05) is 33.0 Å². The summed E-state index contributed by atoms with van der Waals surface area (Å²) in [5.41, 5.74) is 0. The number of ether oxygens (including phenoxy) is 3. The van der Waals surface area contributed by atoms with Crippen LogP contribution in [0.2, 0.25) is 0 Å². The average molecular weight is 484 g/mol. The first-order chi connectivity index (χ1) is 15.1. The highest BCUT2D eigenvalue weighted by Crippen LogP contribution is 2.29. The van der Waals surface area contributed by atoms with Gasteiger partial charge in [0.05, 0.1) is 44.4 Å². The van der Waals surface area contributed by atoms with Crippen LogP contribution in [0.25, 0.3) is 0 Å². The monoisotopic (exact) mass is 484 g/mol. The Hall–Kier alpha value is -2.61. The van der Waals surface area contributed by atoms with Crippen LogP contribution in [-0.4, -0.2) is 47.4 Å². The third-order valence-corrected chi connectivity index (χ3v) is 5.03. The van der Waals surface area contributed by atoms with Gasteiger partial charge in [0, 0.05) is 0 Å². The molecule has 2 rings (SSSR count). The molecule has 0 N–H and O–H groups in total. The smallest absolute Gasteiger partial charge is 0.313 e. The second kappa shape index (κ2) is 11.9. The summed E-state index contributed by atoms with van der Waals surface area (Å²) in [5, 5.41) is 0. The number of hydrogen-bond donors (Lipinski definition) is 0. The average Bonchev–Trinajstić information content (AvgIpc) is 2.78. The predicted molar refractivity (Wildman–Crippen MR) is 97.7 cm³/mol. The molecule has 0 saturated heterocycles. The molecule has 0 aliphatic rings. The minimum absolute atomic E-state index is 0.00101. The molecule has 2 aromatic carbocycles. The maximum atomic E-state index is 13.4. The highest BCUT2D eigenvalue weighted by Gasteiger charge is 2.28. The van der Waals surface area contributed by atoms with E-state index in [1.54, 1.807) is 18.2 Å². The Bertz CT molecular complexity index is 1000. The van der Waals surface area contributed by atoms with Crippen LogP contribution in [-0.2, 0) is 28.6 Å². The predicted octanol–water partition coefficient (Wildman–Crippen LogP) is 3.12. The zero-order chi connectivity index (χ0) is 23.7.